The average molecular weight is 452 g/mol. The van der Waals surface area contributed by atoms with Crippen molar-refractivity contribution in [2.45, 2.75) is 32.6 Å². The van der Waals surface area contributed by atoms with Crippen LogP contribution in [0.4, 0.5) is 10.1 Å². The molecule has 1 atom stereocenters. The number of rotatable bonds is 7. The van der Waals surface area contributed by atoms with E-state index in [1.165, 1.54) is 17.0 Å². The van der Waals surface area contributed by atoms with Gasteiger partial charge in [-0.1, -0.05) is 42.3 Å². The number of hydrogen-bond acceptors (Lipinski definition) is 2. The highest BCUT2D eigenvalue weighted by Crippen LogP contribution is 2.41. The summed E-state index contributed by atoms with van der Waals surface area (Å²) >= 11 is 12.6. The third-order valence-corrected chi connectivity index (χ3v) is 5.93. The van der Waals surface area contributed by atoms with Crippen molar-refractivity contribution in [3.05, 3.63) is 62.9 Å². The summed E-state index contributed by atoms with van der Waals surface area (Å²) < 4.78 is 14.3. The molecule has 0 aliphatic heterocycles. The molecule has 2 rings (SSSR count). The summed E-state index contributed by atoms with van der Waals surface area (Å²) in [5.74, 6) is -0.794. The minimum atomic E-state index is -1.20. The first-order valence-corrected chi connectivity index (χ1v) is 10.6. The van der Waals surface area contributed by atoms with E-state index in [2.05, 4.69) is 4.99 Å². The number of hydrogen-bond donors (Lipinski definition) is 0. The summed E-state index contributed by atoms with van der Waals surface area (Å²) in [6.45, 7) is 6.63. The van der Waals surface area contributed by atoms with Crippen LogP contribution in [0.2, 0.25) is 10.0 Å². The lowest BCUT2D eigenvalue weighted by atomic mass is 9.74. The Morgan fingerprint density at radius 2 is 1.80 bits per heavy atom. The summed E-state index contributed by atoms with van der Waals surface area (Å²) in [5.41, 5.74) is 1.58. The zero-order chi connectivity index (χ0) is 22.6. The predicted molar refractivity (Wildman–Crippen MR) is 124 cm³/mol. The first-order chi connectivity index (χ1) is 14.1. The van der Waals surface area contributed by atoms with Gasteiger partial charge in [0.1, 0.15) is 5.82 Å². The Hall–Kier alpha value is -2.11. The van der Waals surface area contributed by atoms with Crippen LogP contribution in [-0.2, 0) is 16.6 Å². The van der Waals surface area contributed by atoms with Gasteiger partial charge in [0, 0.05) is 32.7 Å². The van der Waals surface area contributed by atoms with Gasteiger partial charge in [-0.05, 0) is 55.2 Å². The topological polar surface area (TPSA) is 35.9 Å². The molecule has 30 heavy (non-hydrogen) atoms. The minimum absolute atomic E-state index is 0.00322. The van der Waals surface area contributed by atoms with E-state index in [-0.39, 0.29) is 10.9 Å². The molecule has 0 fully saturated rings. The third kappa shape index (κ3) is 4.79. The van der Waals surface area contributed by atoms with E-state index in [0.717, 1.165) is 17.8 Å². The van der Waals surface area contributed by atoms with Gasteiger partial charge in [0.2, 0.25) is 5.91 Å². The highest BCUT2D eigenvalue weighted by molar-refractivity contribution is 6.32. The van der Waals surface area contributed by atoms with E-state index < -0.39 is 11.2 Å². The van der Waals surface area contributed by atoms with Crippen LogP contribution >= 0.6 is 23.2 Å². The molecule has 2 aromatic rings. The van der Waals surface area contributed by atoms with Gasteiger partial charge in [0.25, 0.3) is 0 Å². The molecule has 0 saturated carbocycles. The van der Waals surface area contributed by atoms with Crippen molar-refractivity contribution in [2.24, 2.45) is 4.99 Å². The molecule has 162 valence electrons. The molecular weight excluding hydrogens is 424 g/mol. The monoisotopic (exact) mass is 451 g/mol. The Bertz CT molecular complexity index is 962. The molecule has 0 bridgehead atoms. The molecule has 0 saturated heterocycles. The van der Waals surface area contributed by atoms with Gasteiger partial charge in [-0.25, -0.2) is 9.38 Å². The fraction of sp³-hybridized carbons (Fsp3) is 0.391. The zero-order valence-corrected chi connectivity index (χ0v) is 19.8. The lowest BCUT2D eigenvalue weighted by Crippen LogP contribution is -2.42. The van der Waals surface area contributed by atoms with Crippen molar-refractivity contribution < 1.29 is 9.18 Å². The first-order valence-electron chi connectivity index (χ1n) is 9.80. The van der Waals surface area contributed by atoms with Crippen LogP contribution in [0.15, 0.2) is 35.3 Å². The summed E-state index contributed by atoms with van der Waals surface area (Å²) in [6, 6.07) is 8.09. The van der Waals surface area contributed by atoms with E-state index in [9.17, 15) is 9.18 Å². The second-order valence-electron chi connectivity index (χ2n) is 7.59. The normalized spacial score (nSPS) is 13.4. The highest BCUT2D eigenvalue weighted by Gasteiger charge is 2.40. The van der Waals surface area contributed by atoms with Gasteiger partial charge >= 0.3 is 0 Å². The summed E-state index contributed by atoms with van der Waals surface area (Å²) in [7, 11) is 5.27. The number of halogens is 3. The molecule has 1 amide bonds. The standard InChI is InChI=1S/C23H28Cl2FN3O/c1-7-15-11-17(19(25)13-21(15)27-14-29(6)8-2)23(3,22(30)28(4)5)16-9-10-18(24)20(26)12-16/h9-14H,7-8H2,1-6H3/b27-14+. The molecule has 0 radical (unpaired) electrons. The Morgan fingerprint density at radius 3 is 2.33 bits per heavy atom. The second kappa shape index (κ2) is 9.80. The number of likely N-dealkylation sites (N-methyl/N-ethyl adjacent to an activating group) is 1. The summed E-state index contributed by atoms with van der Waals surface area (Å²) in [6.07, 6.45) is 2.46. The fourth-order valence-corrected chi connectivity index (χ4v) is 3.75. The molecular formula is C23H28Cl2FN3O. The maximum Gasteiger partial charge on any atom is 0.236 e. The molecule has 0 heterocycles. The number of aliphatic imine (C=N–C) groups is 1. The number of amides is 1. The molecule has 0 N–H and O–H groups in total. The van der Waals surface area contributed by atoms with Crippen LogP contribution in [0.1, 0.15) is 37.5 Å². The van der Waals surface area contributed by atoms with Gasteiger partial charge < -0.3 is 9.80 Å². The average Bonchev–Trinajstić information content (AvgIpc) is 2.72. The van der Waals surface area contributed by atoms with Crippen LogP contribution in [0.25, 0.3) is 0 Å². The maximum atomic E-state index is 14.3. The summed E-state index contributed by atoms with van der Waals surface area (Å²) in [5, 5.41) is 0.398. The lowest BCUT2D eigenvalue weighted by Gasteiger charge is -2.33. The van der Waals surface area contributed by atoms with Gasteiger partial charge in [-0.3, -0.25) is 4.79 Å². The Kier molecular flexibility index (Phi) is 7.89. The van der Waals surface area contributed by atoms with Crippen molar-refractivity contribution >= 4 is 41.1 Å². The second-order valence-corrected chi connectivity index (χ2v) is 8.40. The van der Waals surface area contributed by atoms with Crippen LogP contribution in [0.5, 0.6) is 0 Å². The quantitative estimate of drug-likeness (QED) is 0.399. The molecule has 0 spiro atoms. The van der Waals surface area contributed by atoms with E-state index in [0.29, 0.717) is 22.6 Å². The third-order valence-electron chi connectivity index (χ3n) is 5.31. The lowest BCUT2D eigenvalue weighted by molar-refractivity contribution is -0.132. The van der Waals surface area contributed by atoms with Crippen LogP contribution in [-0.4, -0.2) is 49.7 Å². The van der Waals surface area contributed by atoms with Crippen molar-refractivity contribution in [1.82, 2.24) is 9.80 Å². The first kappa shape index (κ1) is 24.2. The van der Waals surface area contributed by atoms with Crippen molar-refractivity contribution in [3.63, 3.8) is 0 Å². The Labute approximate surface area is 188 Å². The number of nitrogens with zero attached hydrogens (tertiary/aromatic N) is 3. The van der Waals surface area contributed by atoms with E-state index in [1.807, 2.05) is 31.9 Å². The number of carbonyl (C=O) groups is 1. The van der Waals surface area contributed by atoms with Crippen molar-refractivity contribution in [1.29, 1.82) is 0 Å². The van der Waals surface area contributed by atoms with Gasteiger partial charge in [-0.2, -0.15) is 0 Å². The fourth-order valence-electron chi connectivity index (χ4n) is 3.29. The molecule has 0 aromatic heterocycles. The van der Waals surface area contributed by atoms with Crippen molar-refractivity contribution in [3.8, 4) is 0 Å². The van der Waals surface area contributed by atoms with E-state index >= 15 is 0 Å². The molecule has 1 unspecified atom stereocenters. The van der Waals surface area contributed by atoms with Gasteiger partial charge in [0.15, 0.2) is 0 Å². The molecule has 2 aromatic carbocycles. The number of carbonyl (C=O) groups excluding carboxylic acids is 1. The van der Waals surface area contributed by atoms with E-state index in [4.69, 9.17) is 23.2 Å². The smallest absolute Gasteiger partial charge is 0.236 e. The highest BCUT2D eigenvalue weighted by atomic mass is 35.5. The van der Waals surface area contributed by atoms with E-state index in [1.54, 1.807) is 39.5 Å². The SMILES string of the molecule is CCc1cc(C(C)(C(=O)N(C)C)c2ccc(Cl)c(F)c2)c(Cl)cc1/N=C/N(C)CC. The maximum absolute atomic E-state index is 14.3. The number of aryl methyl sites for hydroxylation is 1. The van der Waals surface area contributed by atoms with Gasteiger partial charge in [-0.15, -0.1) is 0 Å². The van der Waals surface area contributed by atoms with Gasteiger partial charge in [0.05, 0.1) is 22.5 Å². The van der Waals surface area contributed by atoms with Crippen molar-refractivity contribution in [2.75, 3.05) is 27.7 Å². The number of benzene rings is 2. The largest absolute Gasteiger partial charge is 0.366 e. The molecule has 7 heteroatoms. The predicted octanol–water partition coefficient (Wildman–Crippen LogP) is 5.70. The summed E-state index contributed by atoms with van der Waals surface area (Å²) in [4.78, 5) is 21.3. The van der Waals surface area contributed by atoms with Crippen LogP contribution in [0, 0.1) is 5.82 Å². The molecule has 0 aliphatic carbocycles. The Morgan fingerprint density at radius 1 is 1.13 bits per heavy atom. The van der Waals surface area contributed by atoms with Crippen LogP contribution in [0.3, 0.4) is 0 Å². The molecule has 4 nitrogen and oxygen atoms in total. The Balaban J connectivity index is 2.74. The molecule has 0 aliphatic rings. The minimum Gasteiger partial charge on any atom is -0.366 e. The zero-order valence-electron chi connectivity index (χ0n) is 18.3. The van der Waals surface area contributed by atoms with Crippen LogP contribution < -0.4 is 0 Å².